The molecular weight excluding hydrogens is 251 g/mol. The molecule has 0 aliphatic carbocycles. The van der Waals surface area contributed by atoms with Gasteiger partial charge >= 0.3 is 0 Å². The van der Waals surface area contributed by atoms with Crippen molar-refractivity contribution in [3.05, 3.63) is 70.5 Å². The largest absolute Gasteiger partial charge is 0.271 e. The first-order valence-electron chi connectivity index (χ1n) is 6.96. The number of hydrazine groups is 1. The van der Waals surface area contributed by atoms with Crippen molar-refractivity contribution >= 4 is 0 Å². The van der Waals surface area contributed by atoms with Gasteiger partial charge in [-0.3, -0.25) is 5.84 Å². The third kappa shape index (κ3) is 3.24. The smallest absolute Gasteiger partial charge is 0.123 e. The summed E-state index contributed by atoms with van der Waals surface area (Å²) in [4.78, 5) is 0. The van der Waals surface area contributed by atoms with Crippen LogP contribution in [0.3, 0.4) is 0 Å². The summed E-state index contributed by atoms with van der Waals surface area (Å²) in [5.41, 5.74) is 7.12. The Morgan fingerprint density at radius 2 is 1.85 bits per heavy atom. The van der Waals surface area contributed by atoms with Gasteiger partial charge < -0.3 is 0 Å². The van der Waals surface area contributed by atoms with E-state index in [1.165, 1.54) is 17.7 Å². The van der Waals surface area contributed by atoms with Gasteiger partial charge in [0.25, 0.3) is 0 Å². The van der Waals surface area contributed by atoms with Gasteiger partial charge in [0, 0.05) is 0 Å². The highest BCUT2D eigenvalue weighted by Crippen LogP contribution is 2.25. The molecule has 3 heteroatoms. The molecule has 2 rings (SSSR count). The van der Waals surface area contributed by atoms with Crippen molar-refractivity contribution in [1.29, 1.82) is 0 Å². The first-order valence-corrected chi connectivity index (χ1v) is 6.96. The van der Waals surface area contributed by atoms with Crippen molar-refractivity contribution in [3.63, 3.8) is 0 Å². The molecular formula is C17H21FN2. The Morgan fingerprint density at radius 3 is 2.40 bits per heavy atom. The number of aryl methyl sites for hydroxylation is 2. The average Bonchev–Trinajstić information content (AvgIpc) is 2.44. The number of nitrogens with two attached hydrogens (primary N) is 1. The summed E-state index contributed by atoms with van der Waals surface area (Å²) in [6.07, 6.45) is 2.21. The van der Waals surface area contributed by atoms with Crippen molar-refractivity contribution in [1.82, 2.24) is 5.43 Å². The third-order valence-electron chi connectivity index (χ3n) is 3.56. The highest BCUT2D eigenvalue weighted by Gasteiger charge is 2.14. The molecule has 0 fully saturated rings. The first-order chi connectivity index (χ1) is 9.65. The molecule has 3 N–H and O–H groups in total. The predicted molar refractivity (Wildman–Crippen MR) is 80.7 cm³/mol. The van der Waals surface area contributed by atoms with E-state index in [9.17, 15) is 4.39 Å². The molecule has 1 atom stereocenters. The molecule has 0 saturated carbocycles. The highest BCUT2D eigenvalue weighted by atomic mass is 19.1. The molecule has 0 amide bonds. The second-order valence-electron chi connectivity index (χ2n) is 5.09. The molecule has 0 bridgehead atoms. The van der Waals surface area contributed by atoms with Gasteiger partial charge in [-0.25, -0.2) is 9.82 Å². The Kier molecular flexibility index (Phi) is 4.88. The third-order valence-corrected chi connectivity index (χ3v) is 3.56. The van der Waals surface area contributed by atoms with Crippen LogP contribution in [0.25, 0.3) is 0 Å². The van der Waals surface area contributed by atoms with Gasteiger partial charge in [-0.05, 0) is 47.7 Å². The predicted octanol–water partition coefficient (Wildman–Crippen LogP) is 3.64. The highest BCUT2D eigenvalue weighted by molar-refractivity contribution is 5.38. The Bertz CT molecular complexity index is 564. The molecule has 106 valence electrons. The Balaban J connectivity index is 2.31. The molecule has 0 aliphatic rings. The maximum Gasteiger partial charge on any atom is 0.123 e. The lowest BCUT2D eigenvalue weighted by Gasteiger charge is -2.19. The zero-order valence-corrected chi connectivity index (χ0v) is 12.0. The van der Waals surface area contributed by atoms with Gasteiger partial charge in [-0.2, -0.15) is 0 Å². The fraction of sp³-hybridized carbons (Fsp3) is 0.294. The van der Waals surface area contributed by atoms with Crippen LogP contribution in [0.1, 0.15) is 41.6 Å². The van der Waals surface area contributed by atoms with Gasteiger partial charge in [-0.15, -0.1) is 0 Å². The minimum atomic E-state index is -0.222. The maximum atomic E-state index is 13.2. The fourth-order valence-corrected chi connectivity index (χ4v) is 2.49. The standard InChI is InChI=1S/C17H21FN2/c1-3-4-13-5-7-14(8-6-13)17(20-19)16-10-9-15(18)11-12(16)2/h5-11,17,20H,3-4,19H2,1-2H3. The van der Waals surface area contributed by atoms with Crippen LogP contribution < -0.4 is 11.3 Å². The van der Waals surface area contributed by atoms with Crippen molar-refractivity contribution in [2.75, 3.05) is 0 Å². The van der Waals surface area contributed by atoms with E-state index >= 15 is 0 Å². The van der Waals surface area contributed by atoms with Crippen LogP contribution in [0.4, 0.5) is 4.39 Å². The Morgan fingerprint density at radius 1 is 1.15 bits per heavy atom. The second-order valence-corrected chi connectivity index (χ2v) is 5.09. The average molecular weight is 272 g/mol. The van der Waals surface area contributed by atoms with Crippen molar-refractivity contribution in [2.24, 2.45) is 5.84 Å². The lowest BCUT2D eigenvalue weighted by Crippen LogP contribution is -2.29. The molecule has 2 aromatic carbocycles. The Hall–Kier alpha value is -1.71. The number of benzene rings is 2. The molecule has 0 radical (unpaired) electrons. The van der Waals surface area contributed by atoms with Crippen LogP contribution in [0, 0.1) is 12.7 Å². The van der Waals surface area contributed by atoms with Gasteiger partial charge in [0.15, 0.2) is 0 Å². The van der Waals surface area contributed by atoms with E-state index in [4.69, 9.17) is 5.84 Å². The summed E-state index contributed by atoms with van der Waals surface area (Å²) < 4.78 is 13.2. The summed E-state index contributed by atoms with van der Waals surface area (Å²) in [6, 6.07) is 13.1. The minimum Gasteiger partial charge on any atom is -0.271 e. The maximum absolute atomic E-state index is 13.2. The van der Waals surface area contributed by atoms with E-state index < -0.39 is 0 Å². The quantitative estimate of drug-likeness (QED) is 0.644. The van der Waals surface area contributed by atoms with E-state index in [0.29, 0.717) is 0 Å². The summed E-state index contributed by atoms with van der Waals surface area (Å²) in [5.74, 6) is 5.47. The van der Waals surface area contributed by atoms with Gasteiger partial charge in [0.1, 0.15) is 5.82 Å². The normalized spacial score (nSPS) is 12.4. The molecule has 0 spiro atoms. The zero-order chi connectivity index (χ0) is 14.5. The van der Waals surface area contributed by atoms with Gasteiger partial charge in [0.05, 0.1) is 6.04 Å². The van der Waals surface area contributed by atoms with Crippen LogP contribution in [-0.2, 0) is 6.42 Å². The fourth-order valence-electron chi connectivity index (χ4n) is 2.49. The van der Waals surface area contributed by atoms with E-state index in [2.05, 4.69) is 36.6 Å². The molecule has 2 aromatic rings. The number of hydrogen-bond donors (Lipinski definition) is 2. The number of hydrogen-bond acceptors (Lipinski definition) is 2. The van der Waals surface area contributed by atoms with E-state index in [1.807, 2.05) is 6.92 Å². The van der Waals surface area contributed by atoms with Crippen molar-refractivity contribution in [3.8, 4) is 0 Å². The zero-order valence-electron chi connectivity index (χ0n) is 12.0. The van der Waals surface area contributed by atoms with Gasteiger partial charge in [-0.1, -0.05) is 43.7 Å². The summed E-state index contributed by atoms with van der Waals surface area (Å²) in [7, 11) is 0. The topological polar surface area (TPSA) is 38.0 Å². The molecule has 1 unspecified atom stereocenters. The van der Waals surface area contributed by atoms with E-state index in [0.717, 1.165) is 29.5 Å². The van der Waals surface area contributed by atoms with E-state index in [1.54, 1.807) is 6.07 Å². The summed E-state index contributed by atoms with van der Waals surface area (Å²) in [5, 5.41) is 0. The number of halogens is 1. The summed E-state index contributed by atoms with van der Waals surface area (Å²) in [6.45, 7) is 4.06. The van der Waals surface area contributed by atoms with Crippen LogP contribution in [0.5, 0.6) is 0 Å². The molecule has 2 nitrogen and oxygen atoms in total. The molecule has 0 heterocycles. The SMILES string of the molecule is CCCc1ccc(C(NN)c2ccc(F)cc2C)cc1. The first kappa shape index (κ1) is 14.7. The van der Waals surface area contributed by atoms with Crippen LogP contribution in [0.2, 0.25) is 0 Å². The monoisotopic (exact) mass is 272 g/mol. The van der Waals surface area contributed by atoms with Crippen LogP contribution >= 0.6 is 0 Å². The second kappa shape index (κ2) is 6.64. The molecule has 0 aromatic heterocycles. The number of rotatable bonds is 5. The molecule has 20 heavy (non-hydrogen) atoms. The van der Waals surface area contributed by atoms with E-state index in [-0.39, 0.29) is 11.9 Å². The van der Waals surface area contributed by atoms with Crippen LogP contribution in [0.15, 0.2) is 42.5 Å². The molecule has 0 aliphatic heterocycles. The van der Waals surface area contributed by atoms with Crippen LogP contribution in [-0.4, -0.2) is 0 Å². The molecule has 0 saturated heterocycles. The lowest BCUT2D eigenvalue weighted by molar-refractivity contribution is 0.612. The summed E-state index contributed by atoms with van der Waals surface area (Å²) >= 11 is 0. The lowest BCUT2D eigenvalue weighted by atomic mass is 9.94. The Labute approximate surface area is 119 Å². The van der Waals surface area contributed by atoms with Gasteiger partial charge in [0.2, 0.25) is 0 Å². The van der Waals surface area contributed by atoms with Crippen molar-refractivity contribution < 1.29 is 4.39 Å². The minimum absolute atomic E-state index is 0.119. The number of nitrogens with one attached hydrogen (secondary N) is 1. The van der Waals surface area contributed by atoms with Crippen molar-refractivity contribution in [2.45, 2.75) is 32.7 Å².